The lowest BCUT2D eigenvalue weighted by molar-refractivity contribution is -0.139. The summed E-state index contributed by atoms with van der Waals surface area (Å²) in [5.74, 6) is -1.86. The zero-order valence-electron chi connectivity index (χ0n) is 14.5. The first-order chi connectivity index (χ1) is 12.5. The molecular weight excluding hydrogens is 334 g/mol. The van der Waals surface area contributed by atoms with Crippen LogP contribution in [0.25, 0.3) is 0 Å². The summed E-state index contributed by atoms with van der Waals surface area (Å²) in [5, 5.41) is 11.9. The van der Waals surface area contributed by atoms with Gasteiger partial charge in [-0.25, -0.2) is 4.79 Å². The van der Waals surface area contributed by atoms with Crippen molar-refractivity contribution in [1.82, 2.24) is 5.32 Å². The number of esters is 1. The topological polar surface area (TPSA) is 92.7 Å². The molecule has 2 aromatic carbocycles. The van der Waals surface area contributed by atoms with Crippen molar-refractivity contribution in [3.05, 3.63) is 65.7 Å². The van der Waals surface area contributed by atoms with E-state index in [9.17, 15) is 19.5 Å². The third-order valence-corrected chi connectivity index (χ3v) is 3.76. The maximum atomic E-state index is 12.3. The van der Waals surface area contributed by atoms with Crippen molar-refractivity contribution in [3.8, 4) is 5.75 Å². The summed E-state index contributed by atoms with van der Waals surface area (Å²) in [4.78, 5) is 34.7. The maximum absolute atomic E-state index is 12.3. The van der Waals surface area contributed by atoms with E-state index in [1.54, 1.807) is 12.1 Å². The quantitative estimate of drug-likeness (QED) is 0.561. The number of hydrogen-bond donors (Lipinski definition) is 2. The molecule has 2 aromatic rings. The lowest BCUT2D eigenvalue weighted by atomic mass is 10.0. The van der Waals surface area contributed by atoms with Crippen LogP contribution >= 0.6 is 0 Å². The molecule has 136 valence electrons. The Bertz CT molecular complexity index is 773. The summed E-state index contributed by atoms with van der Waals surface area (Å²) in [6, 6.07) is 14.8. The molecule has 0 aliphatic heterocycles. The Labute approximate surface area is 151 Å². The van der Waals surface area contributed by atoms with Gasteiger partial charge in [0, 0.05) is 12.5 Å². The largest absolute Gasteiger partial charge is 0.480 e. The van der Waals surface area contributed by atoms with Gasteiger partial charge in [-0.2, -0.15) is 0 Å². The van der Waals surface area contributed by atoms with Crippen LogP contribution in [0.1, 0.15) is 35.7 Å². The van der Waals surface area contributed by atoms with Gasteiger partial charge in [0.2, 0.25) is 0 Å². The lowest BCUT2D eigenvalue weighted by Crippen LogP contribution is -2.40. The second kappa shape index (κ2) is 9.36. The molecule has 0 aliphatic rings. The van der Waals surface area contributed by atoms with Gasteiger partial charge in [0.15, 0.2) is 0 Å². The number of aliphatic carboxylic acids is 1. The van der Waals surface area contributed by atoms with Gasteiger partial charge in [-0.3, -0.25) is 9.59 Å². The number of ether oxygens (including phenoxy) is 1. The highest BCUT2D eigenvalue weighted by Crippen LogP contribution is 2.14. The molecule has 6 heteroatoms. The van der Waals surface area contributed by atoms with E-state index in [2.05, 4.69) is 5.32 Å². The molecule has 1 amide bonds. The molecule has 2 N–H and O–H groups in total. The number of carboxylic acids is 1. The van der Waals surface area contributed by atoms with E-state index in [0.29, 0.717) is 12.8 Å². The van der Waals surface area contributed by atoms with E-state index < -0.39 is 23.9 Å². The number of carboxylic acid groups (broad SMARTS) is 1. The number of carbonyl (C=O) groups excluding carboxylic acids is 2. The lowest BCUT2D eigenvalue weighted by Gasteiger charge is -2.15. The Hall–Kier alpha value is -3.15. The summed E-state index contributed by atoms with van der Waals surface area (Å²) in [6.07, 6.45) is 1.69. The standard InChI is InChI=1S/C20H21NO5/c1-14(22)26-17-11-6-10-16(13-17)19(23)21-18(20(24)25)12-5-9-15-7-3-2-4-8-15/h2-4,6-8,10-11,13,18H,5,9,12H2,1H3,(H,21,23)(H,24,25)/t18-/m1/s1. The highest BCUT2D eigenvalue weighted by Gasteiger charge is 2.20. The summed E-state index contributed by atoms with van der Waals surface area (Å²) >= 11 is 0. The van der Waals surface area contributed by atoms with E-state index >= 15 is 0 Å². The normalized spacial score (nSPS) is 11.4. The number of nitrogens with one attached hydrogen (secondary N) is 1. The van der Waals surface area contributed by atoms with Crippen LogP contribution in [0.4, 0.5) is 0 Å². The van der Waals surface area contributed by atoms with Crippen molar-refractivity contribution in [2.45, 2.75) is 32.2 Å². The predicted molar refractivity (Wildman–Crippen MR) is 96.0 cm³/mol. The van der Waals surface area contributed by atoms with Crippen LogP contribution in [-0.2, 0) is 16.0 Å². The first-order valence-electron chi connectivity index (χ1n) is 8.32. The summed E-state index contributed by atoms with van der Waals surface area (Å²) in [7, 11) is 0. The molecule has 2 rings (SSSR count). The highest BCUT2D eigenvalue weighted by atomic mass is 16.5. The number of rotatable bonds is 8. The third-order valence-electron chi connectivity index (χ3n) is 3.76. The fraction of sp³-hybridized carbons (Fsp3) is 0.250. The zero-order valence-corrected chi connectivity index (χ0v) is 14.5. The Morgan fingerprint density at radius 3 is 2.46 bits per heavy atom. The molecule has 1 atom stereocenters. The molecule has 0 heterocycles. The molecular formula is C20H21NO5. The Morgan fingerprint density at radius 1 is 1.08 bits per heavy atom. The van der Waals surface area contributed by atoms with Gasteiger partial charge in [0.05, 0.1) is 0 Å². The number of amides is 1. The maximum Gasteiger partial charge on any atom is 0.326 e. The number of aryl methyl sites for hydroxylation is 1. The average molecular weight is 355 g/mol. The van der Waals surface area contributed by atoms with Gasteiger partial charge in [-0.15, -0.1) is 0 Å². The number of hydrogen-bond acceptors (Lipinski definition) is 4. The Balaban J connectivity index is 1.95. The van der Waals surface area contributed by atoms with Crippen molar-refractivity contribution >= 4 is 17.8 Å². The van der Waals surface area contributed by atoms with Crippen molar-refractivity contribution in [2.24, 2.45) is 0 Å². The van der Waals surface area contributed by atoms with Crippen molar-refractivity contribution < 1.29 is 24.2 Å². The van der Waals surface area contributed by atoms with Gasteiger partial charge >= 0.3 is 11.9 Å². The molecule has 26 heavy (non-hydrogen) atoms. The van der Waals surface area contributed by atoms with Gasteiger partial charge < -0.3 is 15.2 Å². The molecule has 0 aromatic heterocycles. The predicted octanol–water partition coefficient (Wildman–Crippen LogP) is 2.82. The first kappa shape index (κ1) is 19.2. The molecule has 0 fully saturated rings. The number of benzene rings is 2. The molecule has 6 nitrogen and oxygen atoms in total. The SMILES string of the molecule is CC(=O)Oc1cccc(C(=O)N[C@H](CCCc2ccccc2)C(=O)O)c1. The van der Waals surface area contributed by atoms with Crippen molar-refractivity contribution in [3.63, 3.8) is 0 Å². The third kappa shape index (κ3) is 6.05. The van der Waals surface area contributed by atoms with Crippen LogP contribution in [0, 0.1) is 0 Å². The van der Waals surface area contributed by atoms with E-state index in [0.717, 1.165) is 12.0 Å². The van der Waals surface area contributed by atoms with Gasteiger partial charge in [-0.05, 0) is 43.0 Å². The van der Waals surface area contributed by atoms with E-state index in [1.165, 1.54) is 19.1 Å². The first-order valence-corrected chi connectivity index (χ1v) is 8.32. The molecule has 0 saturated heterocycles. The minimum atomic E-state index is -1.08. The Morgan fingerprint density at radius 2 is 1.81 bits per heavy atom. The molecule has 0 saturated carbocycles. The van der Waals surface area contributed by atoms with Crippen LogP contribution in [-0.4, -0.2) is 29.0 Å². The highest BCUT2D eigenvalue weighted by molar-refractivity contribution is 5.97. The molecule has 0 unspecified atom stereocenters. The summed E-state index contributed by atoms with van der Waals surface area (Å²) in [6.45, 7) is 1.26. The van der Waals surface area contributed by atoms with Gasteiger partial charge in [0.1, 0.15) is 11.8 Å². The van der Waals surface area contributed by atoms with E-state index in [-0.39, 0.29) is 11.3 Å². The van der Waals surface area contributed by atoms with Crippen molar-refractivity contribution in [1.29, 1.82) is 0 Å². The molecule has 0 aliphatic carbocycles. The molecule has 0 radical (unpaired) electrons. The second-order valence-corrected chi connectivity index (χ2v) is 5.86. The fourth-order valence-corrected chi connectivity index (χ4v) is 2.52. The molecule has 0 bridgehead atoms. The van der Waals surface area contributed by atoms with Crippen LogP contribution in [0.5, 0.6) is 5.75 Å². The monoisotopic (exact) mass is 355 g/mol. The van der Waals surface area contributed by atoms with Crippen LogP contribution in [0.15, 0.2) is 54.6 Å². The van der Waals surface area contributed by atoms with Crippen molar-refractivity contribution in [2.75, 3.05) is 0 Å². The minimum absolute atomic E-state index is 0.234. The Kier molecular flexibility index (Phi) is 6.91. The summed E-state index contributed by atoms with van der Waals surface area (Å²) < 4.78 is 4.94. The van der Waals surface area contributed by atoms with Crippen LogP contribution in [0.2, 0.25) is 0 Å². The second-order valence-electron chi connectivity index (χ2n) is 5.86. The van der Waals surface area contributed by atoms with Crippen LogP contribution < -0.4 is 10.1 Å². The summed E-state index contributed by atoms with van der Waals surface area (Å²) in [5.41, 5.74) is 1.36. The van der Waals surface area contributed by atoms with Gasteiger partial charge in [-0.1, -0.05) is 36.4 Å². The van der Waals surface area contributed by atoms with E-state index in [1.807, 2.05) is 30.3 Å². The smallest absolute Gasteiger partial charge is 0.326 e. The van der Waals surface area contributed by atoms with Gasteiger partial charge in [0.25, 0.3) is 5.91 Å². The van der Waals surface area contributed by atoms with Crippen LogP contribution in [0.3, 0.4) is 0 Å². The molecule has 0 spiro atoms. The zero-order chi connectivity index (χ0) is 18.9. The number of carbonyl (C=O) groups is 3. The average Bonchev–Trinajstić information content (AvgIpc) is 2.61. The minimum Gasteiger partial charge on any atom is -0.480 e. The fourth-order valence-electron chi connectivity index (χ4n) is 2.52. The van der Waals surface area contributed by atoms with E-state index in [4.69, 9.17) is 4.74 Å².